The molecular formula is C13H18N6O5S. The number of carbonyl (C=O) groups excluding carboxylic acids is 4. The van der Waals surface area contributed by atoms with E-state index in [1.54, 1.807) is 6.26 Å². The van der Waals surface area contributed by atoms with Crippen molar-refractivity contribution in [2.24, 2.45) is 11.5 Å². The minimum absolute atomic E-state index is 0.187. The molecule has 0 radical (unpaired) electrons. The first-order chi connectivity index (χ1) is 11.8. The normalized spacial score (nSPS) is 19.7. The van der Waals surface area contributed by atoms with E-state index in [0.29, 0.717) is 6.42 Å². The third kappa shape index (κ3) is 3.43. The highest BCUT2D eigenvalue weighted by Crippen LogP contribution is 2.31. The Morgan fingerprint density at radius 1 is 1.28 bits per heavy atom. The van der Waals surface area contributed by atoms with Gasteiger partial charge >= 0.3 is 5.97 Å². The Morgan fingerprint density at radius 2 is 1.96 bits per heavy atom. The second-order valence-corrected chi connectivity index (χ2v) is 6.17. The Balaban J connectivity index is 2.47. The predicted molar refractivity (Wildman–Crippen MR) is 86.6 cm³/mol. The van der Waals surface area contributed by atoms with Crippen LogP contribution in [0.5, 0.6) is 0 Å². The van der Waals surface area contributed by atoms with Crippen molar-refractivity contribution in [1.82, 2.24) is 19.9 Å². The summed E-state index contributed by atoms with van der Waals surface area (Å²) in [7, 11) is 1.19. The van der Waals surface area contributed by atoms with Gasteiger partial charge in [0.2, 0.25) is 5.91 Å². The Morgan fingerprint density at radius 3 is 2.48 bits per heavy atom. The van der Waals surface area contributed by atoms with Gasteiger partial charge in [0, 0.05) is 6.54 Å². The smallest absolute Gasteiger partial charge is 0.330 e. The number of nitrogens with two attached hydrogens (primary N) is 2. The van der Waals surface area contributed by atoms with E-state index >= 15 is 0 Å². The average molecular weight is 370 g/mol. The maximum atomic E-state index is 12.3. The molecule has 0 aliphatic carbocycles. The number of hydrogen-bond acceptors (Lipinski definition) is 8. The van der Waals surface area contributed by atoms with Crippen LogP contribution in [0.15, 0.2) is 0 Å². The van der Waals surface area contributed by atoms with Gasteiger partial charge in [-0.25, -0.2) is 9.48 Å². The van der Waals surface area contributed by atoms with Crippen molar-refractivity contribution < 1.29 is 23.9 Å². The first-order valence-electron chi connectivity index (χ1n) is 7.24. The van der Waals surface area contributed by atoms with Gasteiger partial charge in [0.25, 0.3) is 11.8 Å². The van der Waals surface area contributed by atoms with Gasteiger partial charge in [-0.05, 0) is 12.7 Å². The zero-order chi connectivity index (χ0) is 18.7. The first kappa shape index (κ1) is 18.7. The van der Waals surface area contributed by atoms with Crippen LogP contribution in [0.2, 0.25) is 0 Å². The minimum atomic E-state index is -1.01. The van der Waals surface area contributed by atoms with Crippen molar-refractivity contribution in [3.63, 3.8) is 0 Å². The summed E-state index contributed by atoms with van der Waals surface area (Å²) >= 11 is 1.32. The number of rotatable bonds is 6. The van der Waals surface area contributed by atoms with Gasteiger partial charge in [-0.15, -0.1) is 5.10 Å². The summed E-state index contributed by atoms with van der Waals surface area (Å²) in [5.41, 5.74) is 9.81. The lowest BCUT2D eigenvalue weighted by atomic mass is 10.1. The van der Waals surface area contributed by atoms with Gasteiger partial charge in [-0.3, -0.25) is 14.4 Å². The molecule has 25 heavy (non-hydrogen) atoms. The van der Waals surface area contributed by atoms with Crippen LogP contribution in [0, 0.1) is 0 Å². The van der Waals surface area contributed by atoms with Crippen LogP contribution in [0.1, 0.15) is 33.4 Å². The molecule has 11 nitrogen and oxygen atoms in total. The lowest BCUT2D eigenvalue weighted by Gasteiger charge is -2.26. The molecule has 2 atom stereocenters. The van der Waals surface area contributed by atoms with Crippen molar-refractivity contribution in [2.75, 3.05) is 25.7 Å². The van der Waals surface area contributed by atoms with Crippen LogP contribution in [0.4, 0.5) is 0 Å². The zero-order valence-corrected chi connectivity index (χ0v) is 14.5. The Bertz CT molecular complexity index is 720. The number of ether oxygens (including phenoxy) is 1. The number of aromatic nitrogens is 3. The Kier molecular flexibility index (Phi) is 5.62. The summed E-state index contributed by atoms with van der Waals surface area (Å²) in [6, 6.07) is -1.76. The number of amides is 3. The summed E-state index contributed by atoms with van der Waals surface area (Å²) in [5, 5.41) is 7.35. The number of primary amides is 2. The molecule has 4 N–H and O–H groups in total. The zero-order valence-electron chi connectivity index (χ0n) is 13.7. The van der Waals surface area contributed by atoms with Crippen LogP contribution < -0.4 is 11.5 Å². The molecule has 1 saturated heterocycles. The second-order valence-electron chi connectivity index (χ2n) is 5.30. The number of likely N-dealkylation sites (tertiary alicyclic amines) is 1. The fourth-order valence-electron chi connectivity index (χ4n) is 2.84. The molecule has 136 valence electrons. The molecule has 0 unspecified atom stereocenters. The molecule has 0 spiro atoms. The van der Waals surface area contributed by atoms with Gasteiger partial charge in [0.05, 0.1) is 18.9 Å². The summed E-state index contributed by atoms with van der Waals surface area (Å²) in [5.74, 6) is -2.66. The van der Waals surface area contributed by atoms with Gasteiger partial charge in [-0.1, -0.05) is 5.21 Å². The maximum absolute atomic E-state index is 12.3. The molecule has 0 saturated carbocycles. The van der Waals surface area contributed by atoms with Crippen molar-refractivity contribution in [2.45, 2.75) is 18.5 Å². The lowest BCUT2D eigenvalue weighted by Crippen LogP contribution is -2.45. The van der Waals surface area contributed by atoms with E-state index in [-0.39, 0.29) is 29.6 Å². The van der Waals surface area contributed by atoms with Crippen LogP contribution in [0.3, 0.4) is 0 Å². The van der Waals surface area contributed by atoms with Crippen molar-refractivity contribution in [3.8, 4) is 0 Å². The summed E-state index contributed by atoms with van der Waals surface area (Å²) < 4.78 is 5.87. The van der Waals surface area contributed by atoms with E-state index in [2.05, 4.69) is 10.3 Å². The van der Waals surface area contributed by atoms with E-state index in [1.807, 2.05) is 0 Å². The highest BCUT2D eigenvalue weighted by atomic mass is 32.2. The highest BCUT2D eigenvalue weighted by molar-refractivity contribution is 7.99. The van der Waals surface area contributed by atoms with Crippen LogP contribution in [0.25, 0.3) is 0 Å². The minimum Gasteiger partial charge on any atom is -0.467 e. The fourth-order valence-corrected chi connectivity index (χ4v) is 3.26. The molecule has 1 aliphatic heterocycles. The standard InChI is InChI=1S/C13H18N6O5S/c1-24-13(23)9-6(3-4-18(9)7(20)5-25-2)19-10(12(15)22)8(11(14)21)16-17-19/h6,9H,3-5H2,1-2H3,(H2,14,21)(H2,15,22)/t6-,9-/m0/s1. The maximum Gasteiger partial charge on any atom is 0.330 e. The second kappa shape index (κ2) is 7.51. The number of hydrogen-bond donors (Lipinski definition) is 2. The Labute approximate surface area is 147 Å². The molecule has 2 heterocycles. The van der Waals surface area contributed by atoms with E-state index < -0.39 is 29.9 Å². The molecule has 1 aliphatic rings. The summed E-state index contributed by atoms with van der Waals surface area (Å²) in [6.07, 6.45) is 2.07. The van der Waals surface area contributed by atoms with E-state index in [9.17, 15) is 19.2 Å². The molecule has 2 rings (SSSR count). The van der Waals surface area contributed by atoms with E-state index in [0.717, 1.165) is 4.68 Å². The summed E-state index contributed by atoms with van der Waals surface area (Å²) in [4.78, 5) is 49.0. The Hall–Kier alpha value is -2.63. The highest BCUT2D eigenvalue weighted by Gasteiger charge is 2.45. The van der Waals surface area contributed by atoms with Crippen LogP contribution >= 0.6 is 11.8 Å². The number of nitrogens with zero attached hydrogens (tertiary/aromatic N) is 4. The van der Waals surface area contributed by atoms with E-state index in [1.165, 1.54) is 23.8 Å². The predicted octanol–water partition coefficient (Wildman–Crippen LogP) is -1.85. The van der Waals surface area contributed by atoms with Gasteiger partial charge in [0.15, 0.2) is 17.4 Å². The average Bonchev–Trinajstić information content (AvgIpc) is 3.17. The topological polar surface area (TPSA) is 164 Å². The number of methoxy groups -OCH3 is 1. The molecule has 3 amide bonds. The molecule has 1 fully saturated rings. The van der Waals surface area contributed by atoms with Gasteiger partial charge in [0.1, 0.15) is 0 Å². The molecule has 12 heteroatoms. The lowest BCUT2D eigenvalue weighted by molar-refractivity contribution is -0.151. The van der Waals surface area contributed by atoms with Crippen molar-refractivity contribution in [1.29, 1.82) is 0 Å². The van der Waals surface area contributed by atoms with Crippen LogP contribution in [-0.4, -0.2) is 75.3 Å². The number of carbonyl (C=O) groups is 4. The number of thioether (sulfide) groups is 1. The summed E-state index contributed by atoms with van der Waals surface area (Å²) in [6.45, 7) is 0.258. The largest absolute Gasteiger partial charge is 0.467 e. The molecule has 0 aromatic carbocycles. The molecule has 1 aromatic heterocycles. The van der Waals surface area contributed by atoms with Gasteiger partial charge < -0.3 is 21.1 Å². The molecular weight excluding hydrogens is 352 g/mol. The molecule has 0 bridgehead atoms. The SMILES string of the molecule is COC(=O)[C@@H]1[C@@H](n2nnc(C(N)=O)c2C(N)=O)CCN1C(=O)CSC. The van der Waals surface area contributed by atoms with Crippen molar-refractivity contribution >= 4 is 35.5 Å². The third-order valence-electron chi connectivity index (χ3n) is 3.87. The van der Waals surface area contributed by atoms with Crippen LogP contribution in [-0.2, 0) is 14.3 Å². The van der Waals surface area contributed by atoms with E-state index in [4.69, 9.17) is 16.2 Å². The van der Waals surface area contributed by atoms with Crippen molar-refractivity contribution in [3.05, 3.63) is 11.4 Å². The monoisotopic (exact) mass is 370 g/mol. The first-order valence-corrected chi connectivity index (χ1v) is 8.63. The molecule has 1 aromatic rings. The fraction of sp³-hybridized carbons (Fsp3) is 0.538. The third-order valence-corrected chi connectivity index (χ3v) is 4.41. The van der Waals surface area contributed by atoms with Gasteiger partial charge in [-0.2, -0.15) is 11.8 Å². The quantitative estimate of drug-likeness (QED) is 0.551. The number of esters is 1.